The Hall–Kier alpha value is -0.570. The average molecular weight is 229 g/mol. The van der Waals surface area contributed by atoms with Crippen LogP contribution in [0.25, 0.3) is 0 Å². The van der Waals surface area contributed by atoms with Crippen molar-refractivity contribution in [3.05, 3.63) is 0 Å². The highest BCUT2D eigenvalue weighted by molar-refractivity contribution is 5.69. The van der Waals surface area contributed by atoms with Gasteiger partial charge < -0.3 is 10.1 Å². The Balaban J connectivity index is 3.63. The van der Waals surface area contributed by atoms with Gasteiger partial charge in [-0.25, -0.2) is 0 Å². The molecule has 1 unspecified atom stereocenters. The lowest BCUT2D eigenvalue weighted by Crippen LogP contribution is -2.31. The number of hydrogen-bond donors (Lipinski definition) is 1. The molecule has 0 aromatic heterocycles. The predicted octanol–water partition coefficient (Wildman–Crippen LogP) is 2.89. The van der Waals surface area contributed by atoms with Gasteiger partial charge in [0, 0.05) is 6.04 Å². The van der Waals surface area contributed by atoms with Crippen LogP contribution in [0, 0.1) is 0 Å². The molecule has 0 aromatic carbocycles. The van der Waals surface area contributed by atoms with E-state index in [0.717, 1.165) is 13.0 Å². The fourth-order valence-electron chi connectivity index (χ4n) is 1.84. The Labute approximate surface area is 99.9 Å². The summed E-state index contributed by atoms with van der Waals surface area (Å²) in [6.45, 7) is 5.21. The first-order valence-electron chi connectivity index (χ1n) is 6.54. The van der Waals surface area contributed by atoms with E-state index in [0.29, 0.717) is 12.5 Å². The highest BCUT2D eigenvalue weighted by Crippen LogP contribution is 2.09. The number of carbonyl (C=O) groups is 1. The molecule has 16 heavy (non-hydrogen) atoms. The van der Waals surface area contributed by atoms with Crippen molar-refractivity contribution in [1.82, 2.24) is 5.32 Å². The van der Waals surface area contributed by atoms with Crippen LogP contribution in [-0.2, 0) is 9.53 Å². The van der Waals surface area contributed by atoms with Crippen molar-refractivity contribution in [2.45, 2.75) is 64.8 Å². The molecule has 96 valence electrons. The molecule has 0 heterocycles. The van der Waals surface area contributed by atoms with E-state index < -0.39 is 0 Å². The van der Waals surface area contributed by atoms with Gasteiger partial charge in [-0.05, 0) is 13.0 Å². The summed E-state index contributed by atoms with van der Waals surface area (Å²) in [6.07, 6.45) is 7.96. The molecule has 0 aliphatic carbocycles. The molecule has 1 atom stereocenters. The molecule has 0 rings (SSSR count). The lowest BCUT2D eigenvalue weighted by atomic mass is 10.0. The number of methoxy groups -OCH3 is 1. The summed E-state index contributed by atoms with van der Waals surface area (Å²) in [5.41, 5.74) is 0. The van der Waals surface area contributed by atoms with Crippen molar-refractivity contribution in [2.75, 3.05) is 13.7 Å². The Morgan fingerprint density at radius 2 is 1.88 bits per heavy atom. The Bertz CT molecular complexity index is 171. The monoisotopic (exact) mass is 229 g/mol. The fraction of sp³-hybridized carbons (Fsp3) is 0.923. The van der Waals surface area contributed by atoms with E-state index in [1.54, 1.807) is 0 Å². The Morgan fingerprint density at radius 1 is 1.19 bits per heavy atom. The zero-order valence-electron chi connectivity index (χ0n) is 11.1. The second kappa shape index (κ2) is 10.9. The van der Waals surface area contributed by atoms with Gasteiger partial charge in [-0.1, -0.05) is 46.0 Å². The van der Waals surface area contributed by atoms with Crippen LogP contribution in [0.1, 0.15) is 58.8 Å². The largest absolute Gasteiger partial charge is 0.469 e. The van der Waals surface area contributed by atoms with Gasteiger partial charge in [0.1, 0.15) is 0 Å². The zero-order valence-corrected chi connectivity index (χ0v) is 11.1. The smallest absolute Gasteiger partial charge is 0.307 e. The lowest BCUT2D eigenvalue weighted by Gasteiger charge is -2.16. The van der Waals surface area contributed by atoms with E-state index in [2.05, 4.69) is 19.2 Å². The van der Waals surface area contributed by atoms with Crippen molar-refractivity contribution in [3.8, 4) is 0 Å². The third-order valence-electron chi connectivity index (χ3n) is 2.79. The topological polar surface area (TPSA) is 38.3 Å². The van der Waals surface area contributed by atoms with Crippen molar-refractivity contribution < 1.29 is 9.53 Å². The number of esters is 1. The molecule has 0 saturated heterocycles. The maximum atomic E-state index is 11.2. The molecule has 0 bridgehead atoms. The van der Waals surface area contributed by atoms with E-state index in [9.17, 15) is 4.79 Å². The van der Waals surface area contributed by atoms with Crippen LogP contribution < -0.4 is 5.32 Å². The van der Waals surface area contributed by atoms with E-state index in [-0.39, 0.29) is 5.97 Å². The van der Waals surface area contributed by atoms with Gasteiger partial charge in [-0.3, -0.25) is 4.79 Å². The van der Waals surface area contributed by atoms with Gasteiger partial charge >= 0.3 is 5.97 Å². The summed E-state index contributed by atoms with van der Waals surface area (Å²) in [6, 6.07) is 0.291. The zero-order chi connectivity index (χ0) is 12.2. The minimum atomic E-state index is -0.112. The first-order chi connectivity index (χ1) is 7.74. The van der Waals surface area contributed by atoms with Gasteiger partial charge in [-0.2, -0.15) is 0 Å². The molecule has 3 nitrogen and oxygen atoms in total. The van der Waals surface area contributed by atoms with Gasteiger partial charge in [0.25, 0.3) is 0 Å². The van der Waals surface area contributed by atoms with Crippen LogP contribution in [0.15, 0.2) is 0 Å². The number of hydrogen-bond acceptors (Lipinski definition) is 3. The number of nitrogens with one attached hydrogen (secondary N) is 1. The molecule has 0 saturated carbocycles. The second-order valence-electron chi connectivity index (χ2n) is 4.24. The van der Waals surface area contributed by atoms with E-state index >= 15 is 0 Å². The minimum absolute atomic E-state index is 0.112. The van der Waals surface area contributed by atoms with Crippen molar-refractivity contribution >= 4 is 5.97 Å². The van der Waals surface area contributed by atoms with Crippen molar-refractivity contribution in [2.24, 2.45) is 0 Å². The van der Waals surface area contributed by atoms with Gasteiger partial charge in [0.2, 0.25) is 0 Å². The SMILES string of the molecule is CCCCCCCC(CC(=O)OC)NCC. The number of rotatable bonds is 10. The molecule has 1 N–H and O–H groups in total. The van der Waals surface area contributed by atoms with Gasteiger partial charge in [-0.15, -0.1) is 0 Å². The van der Waals surface area contributed by atoms with Crippen LogP contribution in [-0.4, -0.2) is 25.7 Å². The van der Waals surface area contributed by atoms with Gasteiger partial charge in [0.15, 0.2) is 0 Å². The second-order valence-corrected chi connectivity index (χ2v) is 4.24. The quantitative estimate of drug-likeness (QED) is 0.462. The van der Waals surface area contributed by atoms with Crippen molar-refractivity contribution in [1.29, 1.82) is 0 Å². The van der Waals surface area contributed by atoms with Gasteiger partial charge in [0.05, 0.1) is 13.5 Å². The molecule has 0 aromatic rings. The fourth-order valence-corrected chi connectivity index (χ4v) is 1.84. The first-order valence-corrected chi connectivity index (χ1v) is 6.54. The molecule has 0 aliphatic heterocycles. The summed E-state index contributed by atoms with van der Waals surface area (Å²) in [4.78, 5) is 11.2. The van der Waals surface area contributed by atoms with Crippen LogP contribution in [0.2, 0.25) is 0 Å². The molecule has 0 spiro atoms. The normalized spacial score (nSPS) is 12.4. The maximum Gasteiger partial charge on any atom is 0.307 e. The predicted molar refractivity (Wildman–Crippen MR) is 67.5 cm³/mol. The highest BCUT2D eigenvalue weighted by Gasteiger charge is 2.12. The number of unbranched alkanes of at least 4 members (excludes halogenated alkanes) is 4. The molecule has 0 radical (unpaired) electrons. The van der Waals surface area contributed by atoms with E-state index in [4.69, 9.17) is 4.74 Å². The summed E-state index contributed by atoms with van der Waals surface area (Å²) in [7, 11) is 1.45. The van der Waals surface area contributed by atoms with E-state index in [1.165, 1.54) is 39.2 Å². The number of carbonyl (C=O) groups excluding carboxylic acids is 1. The summed E-state index contributed by atoms with van der Waals surface area (Å²) < 4.78 is 4.69. The highest BCUT2D eigenvalue weighted by atomic mass is 16.5. The van der Waals surface area contributed by atoms with E-state index in [1.807, 2.05) is 0 Å². The van der Waals surface area contributed by atoms with Crippen LogP contribution in [0.4, 0.5) is 0 Å². The van der Waals surface area contributed by atoms with Crippen molar-refractivity contribution in [3.63, 3.8) is 0 Å². The Kier molecular flexibility index (Phi) is 10.5. The number of ether oxygens (including phenoxy) is 1. The first kappa shape index (κ1) is 15.4. The third-order valence-corrected chi connectivity index (χ3v) is 2.79. The summed E-state index contributed by atoms with van der Waals surface area (Å²) in [5, 5.41) is 3.34. The summed E-state index contributed by atoms with van der Waals surface area (Å²) >= 11 is 0. The van der Waals surface area contributed by atoms with Crippen LogP contribution in [0.5, 0.6) is 0 Å². The average Bonchev–Trinajstić information content (AvgIpc) is 2.28. The van der Waals surface area contributed by atoms with Crippen LogP contribution in [0.3, 0.4) is 0 Å². The standard InChI is InChI=1S/C13H27NO2/c1-4-6-7-8-9-10-12(14-5-2)11-13(15)16-3/h12,14H,4-11H2,1-3H3. The third kappa shape index (κ3) is 8.72. The molecular weight excluding hydrogens is 202 g/mol. The summed E-state index contributed by atoms with van der Waals surface area (Å²) in [5.74, 6) is -0.112. The molecule has 0 aliphatic rings. The maximum absolute atomic E-state index is 11.2. The molecule has 3 heteroatoms. The molecule has 0 fully saturated rings. The minimum Gasteiger partial charge on any atom is -0.469 e. The molecule has 0 amide bonds. The lowest BCUT2D eigenvalue weighted by molar-refractivity contribution is -0.141. The molecular formula is C13H27NO2. The van der Waals surface area contributed by atoms with Crippen LogP contribution >= 0.6 is 0 Å². The Morgan fingerprint density at radius 3 is 2.44 bits per heavy atom.